The Hall–Kier alpha value is -1.26. The number of carbonyl (C=O) groups is 1. The maximum atomic E-state index is 12.0. The lowest BCUT2D eigenvalue weighted by molar-refractivity contribution is -0.276. The van der Waals surface area contributed by atoms with Crippen molar-refractivity contribution < 1.29 is 32.5 Å². The van der Waals surface area contributed by atoms with Gasteiger partial charge >= 0.3 is 12.3 Å². The number of carboxylic acid groups (broad SMARTS) is 1. The Morgan fingerprint density at radius 3 is 2.47 bits per heavy atom. The van der Waals surface area contributed by atoms with E-state index in [4.69, 9.17) is 5.11 Å². The zero-order valence-corrected chi connectivity index (χ0v) is 10.4. The third-order valence-electron chi connectivity index (χ3n) is 1.55. The van der Waals surface area contributed by atoms with E-state index in [1.807, 2.05) is 0 Å². The maximum Gasteiger partial charge on any atom is 0.574 e. The van der Waals surface area contributed by atoms with Crippen LogP contribution < -0.4 is 9.47 Å². The fraction of sp³-hybridized carbons (Fsp3) is 0.250. The van der Waals surface area contributed by atoms with Gasteiger partial charge < -0.3 is 14.6 Å². The predicted molar refractivity (Wildman–Crippen MR) is 57.1 cm³/mol. The highest BCUT2D eigenvalue weighted by Crippen LogP contribution is 2.30. The van der Waals surface area contributed by atoms with Gasteiger partial charge in [-0.25, -0.2) is 4.79 Å². The van der Waals surface area contributed by atoms with Gasteiger partial charge in [0, 0.05) is 0 Å². The van der Waals surface area contributed by atoms with Gasteiger partial charge in [-0.15, -0.1) is 13.2 Å². The zero-order chi connectivity index (χ0) is 13.2. The number of nitrogens with zero attached hydrogens (tertiary/aromatic N) is 1. The molecule has 94 valence electrons. The minimum atomic E-state index is -5.02. The predicted octanol–water partition coefficient (Wildman–Crippen LogP) is 2.29. The lowest BCUT2D eigenvalue weighted by atomic mass is 10.3. The number of ether oxygens (including phenoxy) is 2. The van der Waals surface area contributed by atoms with Crippen LogP contribution in [0.2, 0.25) is 0 Å². The molecule has 17 heavy (non-hydrogen) atoms. The van der Waals surface area contributed by atoms with Gasteiger partial charge in [-0.1, -0.05) is 0 Å². The van der Waals surface area contributed by atoms with Gasteiger partial charge in [0.15, 0.2) is 0 Å². The van der Waals surface area contributed by atoms with Crippen LogP contribution in [0.15, 0.2) is 6.07 Å². The first-order valence-electron chi connectivity index (χ1n) is 3.98. The summed E-state index contributed by atoms with van der Waals surface area (Å²) in [5, 5.41) is 8.72. The fourth-order valence-electron chi connectivity index (χ4n) is 0.940. The maximum absolute atomic E-state index is 12.0. The average molecular weight is 363 g/mol. The number of halogens is 4. The van der Waals surface area contributed by atoms with Crippen LogP contribution in [0.25, 0.3) is 0 Å². The van der Waals surface area contributed by atoms with Gasteiger partial charge in [-0.2, -0.15) is 4.98 Å². The van der Waals surface area contributed by atoms with Crippen molar-refractivity contribution >= 4 is 28.6 Å². The Bertz CT molecular complexity index is 449. The van der Waals surface area contributed by atoms with E-state index >= 15 is 0 Å². The summed E-state index contributed by atoms with van der Waals surface area (Å²) >= 11 is 1.69. The second kappa shape index (κ2) is 4.94. The molecule has 1 heterocycles. The molecule has 9 heteroatoms. The fourth-order valence-corrected chi connectivity index (χ4v) is 1.59. The van der Waals surface area contributed by atoms with E-state index in [0.29, 0.717) is 0 Å². The summed E-state index contributed by atoms with van der Waals surface area (Å²) in [6.07, 6.45) is -5.02. The van der Waals surface area contributed by atoms with E-state index in [1.165, 1.54) is 7.11 Å². The van der Waals surface area contributed by atoms with Crippen LogP contribution in [0.4, 0.5) is 13.2 Å². The summed E-state index contributed by atoms with van der Waals surface area (Å²) in [5.41, 5.74) is -0.687. The molecule has 5 nitrogen and oxygen atoms in total. The highest BCUT2D eigenvalue weighted by atomic mass is 127. The molecule has 0 amide bonds. The van der Waals surface area contributed by atoms with Crippen LogP contribution >= 0.6 is 22.6 Å². The largest absolute Gasteiger partial charge is 0.574 e. The summed E-state index contributed by atoms with van der Waals surface area (Å²) in [5.74, 6) is -2.77. The van der Waals surface area contributed by atoms with Crippen LogP contribution in [0.3, 0.4) is 0 Å². The lowest BCUT2D eigenvalue weighted by Crippen LogP contribution is -2.20. The summed E-state index contributed by atoms with van der Waals surface area (Å²) < 4.78 is 44.5. The van der Waals surface area contributed by atoms with Gasteiger partial charge in [0.2, 0.25) is 11.8 Å². The molecule has 0 spiro atoms. The van der Waals surface area contributed by atoms with Crippen LogP contribution in [0.5, 0.6) is 11.8 Å². The topological polar surface area (TPSA) is 68.7 Å². The second-order valence-corrected chi connectivity index (χ2v) is 3.85. The van der Waals surface area contributed by atoms with E-state index in [9.17, 15) is 18.0 Å². The van der Waals surface area contributed by atoms with Crippen LogP contribution in [-0.2, 0) is 0 Å². The number of rotatable bonds is 3. The van der Waals surface area contributed by atoms with Crippen molar-refractivity contribution in [1.82, 2.24) is 4.98 Å². The Morgan fingerprint density at radius 1 is 1.47 bits per heavy atom. The van der Waals surface area contributed by atoms with Crippen LogP contribution in [-0.4, -0.2) is 29.5 Å². The third-order valence-corrected chi connectivity index (χ3v) is 2.32. The molecule has 0 radical (unpaired) electrons. The number of alkyl halides is 3. The standard InChI is InChI=1S/C8H5F3INO4/c1-16-6-4(12)2-3(7(14)15)5(13-6)17-8(9,10)11/h2H,1H3,(H,14,15). The van der Waals surface area contributed by atoms with Gasteiger partial charge in [0.05, 0.1) is 10.7 Å². The summed E-state index contributed by atoms with van der Waals surface area (Å²) in [6, 6.07) is 0.982. The van der Waals surface area contributed by atoms with E-state index in [-0.39, 0.29) is 9.45 Å². The van der Waals surface area contributed by atoms with Crippen molar-refractivity contribution in [2.75, 3.05) is 7.11 Å². The highest BCUT2D eigenvalue weighted by molar-refractivity contribution is 14.1. The molecular weight excluding hydrogens is 358 g/mol. The Labute approximate surface area is 107 Å². The molecule has 0 fully saturated rings. The number of carboxylic acids is 1. The third kappa shape index (κ3) is 3.61. The van der Waals surface area contributed by atoms with Crippen molar-refractivity contribution in [3.05, 3.63) is 15.2 Å². The Balaban J connectivity index is 3.29. The van der Waals surface area contributed by atoms with Crippen molar-refractivity contribution in [1.29, 1.82) is 0 Å². The number of hydrogen-bond acceptors (Lipinski definition) is 4. The van der Waals surface area contributed by atoms with Crippen molar-refractivity contribution in [3.8, 4) is 11.8 Å². The molecular formula is C8H5F3INO4. The van der Waals surface area contributed by atoms with Crippen molar-refractivity contribution in [2.24, 2.45) is 0 Å². The SMILES string of the molecule is COc1nc(OC(F)(F)F)c(C(=O)O)cc1I. The first kappa shape index (κ1) is 13.8. The minimum Gasteiger partial charge on any atom is -0.480 e. The molecule has 0 atom stereocenters. The number of methoxy groups -OCH3 is 1. The molecule has 0 aliphatic heterocycles. The highest BCUT2D eigenvalue weighted by Gasteiger charge is 2.34. The molecule has 1 aromatic rings. The quantitative estimate of drug-likeness (QED) is 0.835. The van der Waals surface area contributed by atoms with E-state index < -0.39 is 23.8 Å². The molecule has 0 aliphatic carbocycles. The van der Waals surface area contributed by atoms with Crippen LogP contribution in [0, 0.1) is 3.57 Å². The van der Waals surface area contributed by atoms with Gasteiger partial charge in [0.1, 0.15) is 5.56 Å². The molecule has 1 rings (SSSR count). The molecule has 1 N–H and O–H groups in total. The Morgan fingerprint density at radius 2 is 2.06 bits per heavy atom. The first-order chi connectivity index (χ1) is 7.74. The normalized spacial score (nSPS) is 11.1. The number of hydrogen-bond donors (Lipinski definition) is 1. The molecule has 1 aromatic heterocycles. The summed E-state index contributed by atoms with van der Waals surface area (Å²) in [6.45, 7) is 0. The van der Waals surface area contributed by atoms with Crippen molar-refractivity contribution in [2.45, 2.75) is 6.36 Å². The first-order valence-corrected chi connectivity index (χ1v) is 5.06. The van der Waals surface area contributed by atoms with Gasteiger partial charge in [0.25, 0.3) is 0 Å². The van der Waals surface area contributed by atoms with Gasteiger partial charge in [-0.05, 0) is 28.7 Å². The molecule has 0 bridgehead atoms. The molecule has 0 unspecified atom stereocenters. The van der Waals surface area contributed by atoms with E-state index in [1.54, 1.807) is 22.6 Å². The number of pyridine rings is 1. The smallest absolute Gasteiger partial charge is 0.480 e. The molecule has 0 saturated carbocycles. The lowest BCUT2D eigenvalue weighted by Gasteiger charge is -2.12. The van der Waals surface area contributed by atoms with E-state index in [2.05, 4.69) is 14.5 Å². The Kier molecular flexibility index (Phi) is 4.01. The molecule has 0 aliphatic rings. The number of aromatic carboxylic acids is 1. The summed E-state index contributed by atoms with van der Waals surface area (Å²) in [7, 11) is 1.20. The van der Waals surface area contributed by atoms with Crippen molar-refractivity contribution in [3.63, 3.8) is 0 Å². The monoisotopic (exact) mass is 363 g/mol. The minimum absolute atomic E-state index is 0.144. The van der Waals surface area contributed by atoms with Crippen LogP contribution in [0.1, 0.15) is 10.4 Å². The van der Waals surface area contributed by atoms with E-state index in [0.717, 1.165) is 6.07 Å². The zero-order valence-electron chi connectivity index (χ0n) is 8.21. The molecule has 0 saturated heterocycles. The average Bonchev–Trinajstić information content (AvgIpc) is 2.17. The second-order valence-electron chi connectivity index (χ2n) is 2.69. The summed E-state index contributed by atoms with van der Waals surface area (Å²) in [4.78, 5) is 14.1. The molecule has 0 aromatic carbocycles. The van der Waals surface area contributed by atoms with Gasteiger partial charge in [-0.3, -0.25) is 0 Å². The number of aromatic nitrogens is 1.